The molecule has 10 heteroatoms. The van der Waals surface area contributed by atoms with Gasteiger partial charge in [-0.2, -0.15) is 16.8 Å². The average Bonchev–Trinajstić information content (AvgIpc) is 2.75. The molecule has 0 spiro atoms. The zero-order valence-electron chi connectivity index (χ0n) is 21.8. The van der Waals surface area contributed by atoms with Crippen LogP contribution in [0.15, 0.2) is 29.2 Å². The van der Waals surface area contributed by atoms with E-state index in [4.69, 9.17) is 8.92 Å². The molecule has 1 unspecified atom stereocenters. The van der Waals surface area contributed by atoms with E-state index in [0.29, 0.717) is 12.3 Å². The maximum Gasteiger partial charge on any atom is 0.311 e. The van der Waals surface area contributed by atoms with Gasteiger partial charge in [0.05, 0.1) is 35.4 Å². The van der Waals surface area contributed by atoms with E-state index in [2.05, 4.69) is 18.0 Å². The number of benzene rings is 1. The van der Waals surface area contributed by atoms with Crippen molar-refractivity contribution in [3.8, 4) is 0 Å². The molecule has 1 aromatic rings. The summed E-state index contributed by atoms with van der Waals surface area (Å²) in [4.78, 5) is 11.8. The van der Waals surface area contributed by atoms with Crippen molar-refractivity contribution in [2.24, 2.45) is 5.41 Å². The molecule has 0 fully saturated rings. The predicted molar refractivity (Wildman–Crippen MR) is 134 cm³/mol. The highest BCUT2D eigenvalue weighted by molar-refractivity contribution is 7.87. The van der Waals surface area contributed by atoms with Gasteiger partial charge in [0.25, 0.3) is 20.2 Å². The zero-order chi connectivity index (χ0) is 26.6. The van der Waals surface area contributed by atoms with Crippen molar-refractivity contribution < 1.29 is 34.7 Å². The number of ether oxygens (including phenoxy) is 1. The first-order chi connectivity index (χ1) is 15.6. The summed E-state index contributed by atoms with van der Waals surface area (Å²) < 4.78 is 60.4. The maximum absolute atomic E-state index is 11.8. The fraction of sp³-hybridized carbons (Fsp3) is 0.708. The quantitative estimate of drug-likeness (QED) is 0.201. The number of rotatable bonds is 13. The zero-order valence-corrected chi connectivity index (χ0v) is 23.4. The van der Waals surface area contributed by atoms with E-state index in [0.717, 1.165) is 12.0 Å². The van der Waals surface area contributed by atoms with Crippen LogP contribution in [0.5, 0.6) is 0 Å². The second kappa shape index (κ2) is 14.8. The molecular weight excluding hydrogens is 480 g/mol. The van der Waals surface area contributed by atoms with Crippen molar-refractivity contribution in [2.45, 2.75) is 91.6 Å². The molecule has 0 amide bonds. The molecule has 198 valence electrons. The molecule has 0 aromatic heterocycles. The van der Waals surface area contributed by atoms with Gasteiger partial charge in [-0.1, -0.05) is 32.9 Å². The Labute approximate surface area is 206 Å². The smallest absolute Gasteiger partial charge is 0.311 e. The predicted octanol–water partition coefficient (Wildman–Crippen LogP) is 5.04. The molecule has 0 aliphatic rings. The number of carbonyl (C=O) groups excluding carboxylic acids is 1. The molecule has 1 rings (SSSR count). The summed E-state index contributed by atoms with van der Waals surface area (Å²) in [6.45, 7) is 15.0. The van der Waals surface area contributed by atoms with E-state index in [1.807, 2.05) is 19.1 Å². The van der Waals surface area contributed by atoms with E-state index in [-0.39, 0.29) is 42.4 Å². The van der Waals surface area contributed by atoms with Crippen LogP contribution in [-0.2, 0) is 38.1 Å². The van der Waals surface area contributed by atoms with E-state index in [1.54, 1.807) is 46.8 Å². The van der Waals surface area contributed by atoms with Crippen LogP contribution in [0.4, 0.5) is 0 Å². The highest BCUT2D eigenvalue weighted by atomic mass is 32.2. The largest absolute Gasteiger partial charge is 0.465 e. The standard InChI is InChI=1S/C13H20O3S.C11H22O5S/c1-5-11(4)12-6-8-13(9-7-12)17(14,15)16-10(2)3;1-5-11(3,4)10(12)15-8-7-9-17(13,14)16-6-2/h6-11H,5H2,1-4H3;5-9H2,1-4H3. The van der Waals surface area contributed by atoms with Crippen LogP contribution in [0.3, 0.4) is 0 Å². The molecule has 0 heterocycles. The lowest BCUT2D eigenvalue weighted by molar-refractivity contribution is -0.154. The lowest BCUT2D eigenvalue weighted by Crippen LogP contribution is -2.26. The fourth-order valence-corrected chi connectivity index (χ4v) is 4.52. The molecule has 1 atom stereocenters. The van der Waals surface area contributed by atoms with Crippen LogP contribution in [0.1, 0.15) is 86.1 Å². The average molecular weight is 523 g/mol. The summed E-state index contributed by atoms with van der Waals surface area (Å²) in [7, 11) is -7.07. The van der Waals surface area contributed by atoms with Crippen LogP contribution < -0.4 is 0 Å². The van der Waals surface area contributed by atoms with Gasteiger partial charge in [0.15, 0.2) is 0 Å². The minimum absolute atomic E-state index is 0.106. The first-order valence-electron chi connectivity index (χ1n) is 11.7. The molecule has 0 N–H and O–H groups in total. The number of hydrogen-bond acceptors (Lipinski definition) is 8. The van der Waals surface area contributed by atoms with Gasteiger partial charge in [-0.15, -0.1) is 0 Å². The second-order valence-corrected chi connectivity index (χ2v) is 12.2. The fourth-order valence-electron chi connectivity index (χ4n) is 2.49. The monoisotopic (exact) mass is 522 g/mol. The van der Waals surface area contributed by atoms with Crippen LogP contribution in [-0.4, -0.2) is 47.9 Å². The summed E-state index contributed by atoms with van der Waals surface area (Å²) in [5.74, 6) is 0.0206. The first kappa shape index (κ1) is 32.5. The van der Waals surface area contributed by atoms with Crippen LogP contribution in [0.2, 0.25) is 0 Å². The molecule has 0 saturated heterocycles. The highest BCUT2D eigenvalue weighted by Crippen LogP contribution is 2.22. The van der Waals surface area contributed by atoms with Gasteiger partial charge < -0.3 is 4.74 Å². The van der Waals surface area contributed by atoms with E-state index in [9.17, 15) is 21.6 Å². The molecule has 34 heavy (non-hydrogen) atoms. The van der Waals surface area contributed by atoms with E-state index < -0.39 is 25.7 Å². The van der Waals surface area contributed by atoms with Crippen LogP contribution >= 0.6 is 0 Å². The Balaban J connectivity index is 0.000000641. The number of hydrogen-bond donors (Lipinski definition) is 0. The van der Waals surface area contributed by atoms with Gasteiger partial charge in [0.2, 0.25) is 0 Å². The highest BCUT2D eigenvalue weighted by Gasteiger charge is 2.27. The van der Waals surface area contributed by atoms with Gasteiger partial charge in [-0.3, -0.25) is 13.2 Å². The maximum atomic E-state index is 11.8. The molecule has 0 bridgehead atoms. The van der Waals surface area contributed by atoms with Gasteiger partial charge in [0.1, 0.15) is 0 Å². The minimum atomic E-state index is -3.61. The van der Waals surface area contributed by atoms with E-state index >= 15 is 0 Å². The Bertz CT molecular complexity index is 934. The lowest BCUT2D eigenvalue weighted by atomic mass is 9.91. The van der Waals surface area contributed by atoms with Gasteiger partial charge >= 0.3 is 5.97 Å². The molecule has 8 nitrogen and oxygen atoms in total. The normalized spacial score (nSPS) is 13.2. The molecule has 0 radical (unpaired) electrons. The minimum Gasteiger partial charge on any atom is -0.465 e. The van der Waals surface area contributed by atoms with Crippen LogP contribution in [0.25, 0.3) is 0 Å². The Hall–Kier alpha value is -1.49. The van der Waals surface area contributed by atoms with Gasteiger partial charge in [-0.05, 0) is 77.5 Å². The Morgan fingerprint density at radius 2 is 1.53 bits per heavy atom. The molecule has 0 aliphatic heterocycles. The summed E-state index contributed by atoms with van der Waals surface area (Å²) in [5.41, 5.74) is 0.634. The SMILES string of the molecule is CCC(C)c1ccc(S(=O)(=O)OC(C)C)cc1.CCOS(=O)(=O)CCCOC(=O)C(C)(C)CC. The summed E-state index contributed by atoms with van der Waals surface area (Å²) in [5, 5.41) is 0. The topological polar surface area (TPSA) is 113 Å². The molecular formula is C24H42O8S2. The Morgan fingerprint density at radius 3 is 1.97 bits per heavy atom. The third-order valence-electron chi connectivity index (χ3n) is 5.18. The third kappa shape index (κ3) is 12.3. The number of esters is 1. The third-order valence-corrected chi connectivity index (χ3v) is 8.05. The van der Waals surface area contributed by atoms with Crippen molar-refractivity contribution in [1.29, 1.82) is 0 Å². The lowest BCUT2D eigenvalue weighted by Gasteiger charge is -2.20. The second-order valence-electron chi connectivity index (χ2n) is 8.87. The van der Waals surface area contributed by atoms with Crippen molar-refractivity contribution >= 4 is 26.2 Å². The Kier molecular flexibility index (Phi) is 14.2. The van der Waals surface area contributed by atoms with Crippen molar-refractivity contribution in [3.63, 3.8) is 0 Å². The molecule has 0 aliphatic carbocycles. The van der Waals surface area contributed by atoms with Crippen molar-refractivity contribution in [3.05, 3.63) is 29.8 Å². The van der Waals surface area contributed by atoms with Crippen molar-refractivity contribution in [1.82, 2.24) is 0 Å². The van der Waals surface area contributed by atoms with Gasteiger partial charge in [0, 0.05) is 0 Å². The summed E-state index contributed by atoms with van der Waals surface area (Å²) in [6, 6.07) is 6.92. The summed E-state index contributed by atoms with van der Waals surface area (Å²) >= 11 is 0. The van der Waals surface area contributed by atoms with Crippen molar-refractivity contribution in [2.75, 3.05) is 19.0 Å². The molecule has 1 aromatic carbocycles. The van der Waals surface area contributed by atoms with Gasteiger partial charge in [-0.25, -0.2) is 0 Å². The first-order valence-corrected chi connectivity index (χ1v) is 14.7. The van der Waals surface area contributed by atoms with E-state index in [1.165, 1.54) is 0 Å². The van der Waals surface area contributed by atoms with Crippen LogP contribution in [0, 0.1) is 5.41 Å². The Morgan fingerprint density at radius 1 is 0.971 bits per heavy atom. The summed E-state index contributed by atoms with van der Waals surface area (Å²) in [6.07, 6.45) is 1.64. The number of carbonyl (C=O) groups is 1. The molecule has 0 saturated carbocycles.